The molecule has 0 saturated carbocycles. The summed E-state index contributed by atoms with van der Waals surface area (Å²) in [7, 11) is 0. The lowest BCUT2D eigenvalue weighted by Gasteiger charge is -2.26. The van der Waals surface area contributed by atoms with E-state index in [1.165, 1.54) is 17.7 Å². The maximum Gasteiger partial charge on any atom is 0.271 e. The van der Waals surface area contributed by atoms with Crippen molar-refractivity contribution in [2.24, 2.45) is 0 Å². The molecule has 1 fully saturated rings. The minimum atomic E-state index is -0.464. The van der Waals surface area contributed by atoms with E-state index in [4.69, 9.17) is 4.74 Å². The molecule has 0 atom stereocenters. The Morgan fingerprint density at radius 1 is 1.11 bits per heavy atom. The number of benzene rings is 2. The molecule has 2 aromatic carbocycles. The van der Waals surface area contributed by atoms with Crippen LogP contribution in [0.25, 0.3) is 0 Å². The van der Waals surface area contributed by atoms with Crippen LogP contribution in [-0.4, -0.2) is 48.6 Å². The first kappa shape index (κ1) is 19.8. The third kappa shape index (κ3) is 6.04. The van der Waals surface area contributed by atoms with Gasteiger partial charge in [0.25, 0.3) is 5.69 Å². The zero-order valence-corrected chi connectivity index (χ0v) is 15.6. The van der Waals surface area contributed by atoms with Gasteiger partial charge in [-0.2, -0.15) is 0 Å². The van der Waals surface area contributed by atoms with Crippen LogP contribution in [0.1, 0.15) is 11.1 Å². The molecule has 1 heterocycles. The highest BCUT2D eigenvalue weighted by Crippen LogP contribution is 2.16. The number of nitro groups is 1. The average molecular weight is 384 g/mol. The van der Waals surface area contributed by atoms with Gasteiger partial charge >= 0.3 is 0 Å². The van der Waals surface area contributed by atoms with Crippen molar-refractivity contribution in [3.05, 3.63) is 69.8 Å². The van der Waals surface area contributed by atoms with E-state index >= 15 is 0 Å². The van der Waals surface area contributed by atoms with Gasteiger partial charge in [0.1, 0.15) is 0 Å². The zero-order valence-electron chi connectivity index (χ0n) is 15.6. The van der Waals surface area contributed by atoms with Gasteiger partial charge < -0.3 is 15.4 Å². The highest BCUT2D eigenvalue weighted by atomic mass is 16.6. The van der Waals surface area contributed by atoms with E-state index in [1.54, 1.807) is 12.1 Å². The topological polar surface area (TPSA) is 96.7 Å². The summed E-state index contributed by atoms with van der Waals surface area (Å²) in [5.41, 5.74) is 2.79. The predicted octanol–water partition coefficient (Wildman–Crippen LogP) is 2.16. The number of anilines is 1. The molecule has 8 heteroatoms. The van der Waals surface area contributed by atoms with Crippen LogP contribution in [0.15, 0.2) is 48.5 Å². The second-order valence-corrected chi connectivity index (χ2v) is 6.64. The SMILES string of the molecule is O=C(CNc1cccc([N+](=O)[O-])c1)NCc1ccc(CN2CCOCC2)cc1. The fourth-order valence-electron chi connectivity index (χ4n) is 2.95. The molecule has 2 aromatic rings. The summed E-state index contributed by atoms with van der Waals surface area (Å²) in [6.45, 7) is 4.88. The maximum atomic E-state index is 12.0. The highest BCUT2D eigenvalue weighted by molar-refractivity contribution is 5.80. The number of nitrogens with one attached hydrogen (secondary N) is 2. The number of nitro benzene ring substituents is 1. The second-order valence-electron chi connectivity index (χ2n) is 6.64. The number of hydrogen-bond acceptors (Lipinski definition) is 6. The Morgan fingerprint density at radius 3 is 2.54 bits per heavy atom. The van der Waals surface area contributed by atoms with Crippen LogP contribution in [0.2, 0.25) is 0 Å². The second kappa shape index (κ2) is 9.82. The van der Waals surface area contributed by atoms with Crippen LogP contribution in [0.3, 0.4) is 0 Å². The summed E-state index contributed by atoms with van der Waals surface area (Å²) in [6.07, 6.45) is 0. The van der Waals surface area contributed by atoms with Crippen molar-refractivity contribution in [1.29, 1.82) is 0 Å². The van der Waals surface area contributed by atoms with Gasteiger partial charge in [-0.1, -0.05) is 30.3 Å². The molecule has 8 nitrogen and oxygen atoms in total. The molecule has 0 aromatic heterocycles. The molecular weight excluding hydrogens is 360 g/mol. The Bertz CT molecular complexity index is 804. The molecule has 1 amide bonds. The first-order chi connectivity index (χ1) is 13.6. The highest BCUT2D eigenvalue weighted by Gasteiger charge is 2.10. The van der Waals surface area contributed by atoms with Crippen LogP contribution in [0.4, 0.5) is 11.4 Å². The molecular formula is C20H24N4O4. The first-order valence-electron chi connectivity index (χ1n) is 9.23. The Balaban J connectivity index is 1.41. The standard InChI is InChI=1S/C20H24N4O4/c25-20(14-21-18-2-1-3-19(12-18)24(26)27)22-13-16-4-6-17(7-5-16)15-23-8-10-28-11-9-23/h1-7,12,21H,8-11,13-15H2,(H,22,25). The average Bonchev–Trinajstić information content (AvgIpc) is 2.73. The van der Waals surface area contributed by atoms with Gasteiger partial charge in [0, 0.05) is 44.0 Å². The van der Waals surface area contributed by atoms with Crippen molar-refractivity contribution < 1.29 is 14.5 Å². The molecule has 3 rings (SSSR count). The van der Waals surface area contributed by atoms with E-state index in [-0.39, 0.29) is 18.1 Å². The fourth-order valence-corrected chi connectivity index (χ4v) is 2.95. The van der Waals surface area contributed by atoms with Gasteiger partial charge in [0.15, 0.2) is 0 Å². The maximum absolute atomic E-state index is 12.0. The van der Waals surface area contributed by atoms with E-state index < -0.39 is 4.92 Å². The fraction of sp³-hybridized carbons (Fsp3) is 0.350. The van der Waals surface area contributed by atoms with Gasteiger partial charge in [-0.05, 0) is 17.2 Å². The smallest absolute Gasteiger partial charge is 0.271 e. The van der Waals surface area contributed by atoms with Crippen molar-refractivity contribution in [2.75, 3.05) is 38.2 Å². The molecule has 0 bridgehead atoms. The molecule has 0 unspecified atom stereocenters. The minimum Gasteiger partial charge on any atom is -0.379 e. The third-order valence-electron chi connectivity index (χ3n) is 4.53. The summed E-state index contributed by atoms with van der Waals surface area (Å²) in [4.78, 5) is 24.7. The number of nitrogens with zero attached hydrogens (tertiary/aromatic N) is 2. The molecule has 2 N–H and O–H groups in total. The molecule has 0 radical (unpaired) electrons. The molecule has 0 spiro atoms. The van der Waals surface area contributed by atoms with Crippen molar-refractivity contribution in [2.45, 2.75) is 13.1 Å². The van der Waals surface area contributed by atoms with Gasteiger partial charge in [0.2, 0.25) is 5.91 Å². The largest absolute Gasteiger partial charge is 0.379 e. The summed E-state index contributed by atoms with van der Waals surface area (Å²) in [6, 6.07) is 14.3. The van der Waals surface area contributed by atoms with Crippen LogP contribution < -0.4 is 10.6 Å². The van der Waals surface area contributed by atoms with Crippen LogP contribution in [0, 0.1) is 10.1 Å². The number of ether oxygens (including phenoxy) is 1. The Labute approximate surface area is 163 Å². The van der Waals surface area contributed by atoms with E-state index in [0.717, 1.165) is 38.4 Å². The number of carbonyl (C=O) groups excluding carboxylic acids is 1. The quantitative estimate of drug-likeness (QED) is 0.535. The molecule has 1 saturated heterocycles. The summed E-state index contributed by atoms with van der Waals surface area (Å²) < 4.78 is 5.36. The molecule has 1 aliphatic heterocycles. The summed E-state index contributed by atoms with van der Waals surface area (Å²) in [5, 5.41) is 16.5. The summed E-state index contributed by atoms with van der Waals surface area (Å²) >= 11 is 0. The Morgan fingerprint density at radius 2 is 1.82 bits per heavy atom. The van der Waals surface area contributed by atoms with Crippen LogP contribution >= 0.6 is 0 Å². The lowest BCUT2D eigenvalue weighted by atomic mass is 10.1. The van der Waals surface area contributed by atoms with Crippen LogP contribution in [0.5, 0.6) is 0 Å². The number of carbonyl (C=O) groups is 1. The Hall–Kier alpha value is -2.97. The van der Waals surface area contributed by atoms with Crippen LogP contribution in [-0.2, 0) is 22.6 Å². The van der Waals surface area contributed by atoms with Gasteiger partial charge in [-0.25, -0.2) is 0 Å². The van der Waals surface area contributed by atoms with Gasteiger partial charge in [0.05, 0.1) is 24.7 Å². The van der Waals surface area contributed by atoms with Crippen molar-refractivity contribution in [1.82, 2.24) is 10.2 Å². The number of rotatable bonds is 8. The Kier molecular flexibility index (Phi) is 6.94. The third-order valence-corrected chi connectivity index (χ3v) is 4.53. The van der Waals surface area contributed by atoms with E-state index in [2.05, 4.69) is 27.7 Å². The first-order valence-corrected chi connectivity index (χ1v) is 9.23. The lowest BCUT2D eigenvalue weighted by Crippen LogP contribution is -2.35. The molecule has 28 heavy (non-hydrogen) atoms. The van der Waals surface area contributed by atoms with Gasteiger partial charge in [-0.3, -0.25) is 19.8 Å². The van der Waals surface area contributed by atoms with E-state index in [9.17, 15) is 14.9 Å². The lowest BCUT2D eigenvalue weighted by molar-refractivity contribution is -0.384. The normalized spacial score (nSPS) is 14.4. The molecule has 1 aliphatic rings. The predicted molar refractivity (Wildman–Crippen MR) is 106 cm³/mol. The van der Waals surface area contributed by atoms with Crippen molar-refractivity contribution >= 4 is 17.3 Å². The number of hydrogen-bond donors (Lipinski definition) is 2. The van der Waals surface area contributed by atoms with Crippen molar-refractivity contribution in [3.63, 3.8) is 0 Å². The monoisotopic (exact) mass is 384 g/mol. The van der Waals surface area contributed by atoms with Gasteiger partial charge in [-0.15, -0.1) is 0 Å². The number of morpholine rings is 1. The number of amides is 1. The number of non-ortho nitro benzene ring substituents is 1. The molecule has 148 valence electrons. The zero-order chi connectivity index (χ0) is 19.8. The summed E-state index contributed by atoms with van der Waals surface area (Å²) in [5.74, 6) is -0.177. The van der Waals surface area contributed by atoms with E-state index in [0.29, 0.717) is 12.2 Å². The van der Waals surface area contributed by atoms with Crippen molar-refractivity contribution in [3.8, 4) is 0 Å². The minimum absolute atomic E-state index is 0.0115. The molecule has 0 aliphatic carbocycles. The van der Waals surface area contributed by atoms with E-state index in [1.807, 2.05) is 12.1 Å².